The van der Waals surface area contributed by atoms with E-state index in [2.05, 4.69) is 0 Å². The van der Waals surface area contributed by atoms with E-state index in [1.54, 1.807) is 12.2 Å². The second-order valence-corrected chi connectivity index (χ2v) is 9.85. The number of hydrogen-bond acceptors (Lipinski definition) is 4. The summed E-state index contributed by atoms with van der Waals surface area (Å²) in [6.45, 7) is 0. The van der Waals surface area contributed by atoms with Crippen LogP contribution in [-0.2, 0) is 19.7 Å². The van der Waals surface area contributed by atoms with Crippen LogP contribution >= 0.6 is 11.6 Å². The van der Waals surface area contributed by atoms with Crippen molar-refractivity contribution in [3.8, 4) is 0 Å². The summed E-state index contributed by atoms with van der Waals surface area (Å²) in [4.78, 5) is -0.317. The van der Waals surface area contributed by atoms with Gasteiger partial charge in [-0.1, -0.05) is 35.9 Å². The number of rotatable bonds is 0. The third kappa shape index (κ3) is 1.50. The maximum Gasteiger partial charge on any atom is 0.200 e. The molecule has 0 saturated heterocycles. The summed E-state index contributed by atoms with van der Waals surface area (Å²) in [5, 5.41) is -1.12. The van der Waals surface area contributed by atoms with Gasteiger partial charge in [0, 0.05) is 6.42 Å². The number of sulfone groups is 2. The highest BCUT2D eigenvalue weighted by Gasteiger charge is 2.59. The van der Waals surface area contributed by atoms with Gasteiger partial charge in [-0.15, -0.1) is 0 Å². The van der Waals surface area contributed by atoms with Crippen molar-refractivity contribution in [2.45, 2.75) is 32.1 Å². The third-order valence-corrected chi connectivity index (χ3v) is 9.69. The first-order valence-corrected chi connectivity index (χ1v) is 9.14. The summed E-state index contributed by atoms with van der Waals surface area (Å²) in [7, 11) is -7.61. The lowest BCUT2D eigenvalue weighted by Crippen LogP contribution is -2.52. The van der Waals surface area contributed by atoms with E-state index in [1.807, 2.05) is 0 Å². The molecule has 0 bridgehead atoms. The minimum atomic E-state index is -3.88. The normalized spacial score (nSPS) is 34.3. The first-order valence-electron chi connectivity index (χ1n) is 5.73. The Balaban J connectivity index is 2.45. The molecule has 1 heterocycles. The van der Waals surface area contributed by atoms with Crippen LogP contribution in [0.2, 0.25) is 0 Å². The predicted octanol–water partition coefficient (Wildman–Crippen LogP) is 1.90. The smallest absolute Gasteiger partial charge is 0.200 e. The summed E-state index contributed by atoms with van der Waals surface area (Å²) in [5.41, 5.74) is 0. The molecule has 3 rings (SSSR count). The Morgan fingerprint density at radius 1 is 1.05 bits per heavy atom. The largest absolute Gasteiger partial charge is 0.223 e. The van der Waals surface area contributed by atoms with Crippen LogP contribution in [0.3, 0.4) is 0 Å². The van der Waals surface area contributed by atoms with Crippen molar-refractivity contribution in [1.29, 1.82) is 0 Å². The molecule has 0 unspecified atom stereocenters. The van der Waals surface area contributed by atoms with E-state index in [1.165, 1.54) is 24.3 Å². The van der Waals surface area contributed by atoms with Crippen LogP contribution in [0.15, 0.2) is 46.2 Å². The highest BCUT2D eigenvalue weighted by Crippen LogP contribution is 2.50. The molecule has 102 valence electrons. The minimum Gasteiger partial charge on any atom is -0.223 e. The number of halogens is 1. The number of allylic oxidation sites excluding steroid dienone is 2. The van der Waals surface area contributed by atoms with Gasteiger partial charge in [-0.3, -0.25) is 0 Å². The molecule has 0 spiro atoms. The summed E-state index contributed by atoms with van der Waals surface area (Å²) in [6.07, 6.45) is 3.44. The first kappa shape index (κ1) is 13.1. The zero-order valence-electron chi connectivity index (χ0n) is 9.78. The van der Waals surface area contributed by atoms with E-state index in [9.17, 15) is 16.8 Å². The molecule has 4 nitrogen and oxygen atoms in total. The molecule has 2 atom stereocenters. The lowest BCUT2D eigenvalue weighted by molar-refractivity contribution is 0.515. The van der Waals surface area contributed by atoms with Gasteiger partial charge in [0.25, 0.3) is 0 Å². The predicted molar refractivity (Wildman–Crippen MR) is 71.6 cm³/mol. The molecular formula is C12H11ClO4S2. The zero-order valence-corrected chi connectivity index (χ0v) is 12.2. The maximum atomic E-state index is 12.6. The Labute approximate surface area is 116 Å². The van der Waals surface area contributed by atoms with E-state index in [-0.39, 0.29) is 22.6 Å². The van der Waals surface area contributed by atoms with Gasteiger partial charge >= 0.3 is 0 Å². The average molecular weight is 319 g/mol. The second-order valence-electron chi connectivity index (χ2n) is 4.68. The van der Waals surface area contributed by atoms with Crippen molar-refractivity contribution < 1.29 is 16.8 Å². The van der Waals surface area contributed by atoms with Crippen molar-refractivity contribution in [3.63, 3.8) is 0 Å². The van der Waals surface area contributed by atoms with Gasteiger partial charge in [-0.2, -0.15) is 0 Å². The molecule has 0 fully saturated rings. The second kappa shape index (κ2) is 3.84. The molecule has 0 N–H and O–H groups in total. The molecule has 7 heteroatoms. The lowest BCUT2D eigenvalue weighted by atomic mass is 10.1. The fraction of sp³-hybridized carbons (Fsp3) is 0.333. The van der Waals surface area contributed by atoms with Crippen LogP contribution in [0.4, 0.5) is 0 Å². The number of hydrogen-bond donors (Lipinski definition) is 0. The van der Waals surface area contributed by atoms with Crippen LogP contribution in [0, 0.1) is 0 Å². The summed E-state index contributed by atoms with van der Waals surface area (Å²) >= 11 is 6.26. The first-order chi connectivity index (χ1) is 8.82. The zero-order chi connectivity index (χ0) is 13.9. The van der Waals surface area contributed by atoms with Gasteiger partial charge in [0.05, 0.1) is 9.79 Å². The molecule has 1 aliphatic carbocycles. The van der Waals surface area contributed by atoms with Crippen LogP contribution in [-0.4, -0.2) is 26.3 Å². The van der Waals surface area contributed by atoms with Gasteiger partial charge in [-0.05, 0) is 18.6 Å². The Bertz CT molecular complexity index is 780. The van der Waals surface area contributed by atoms with Gasteiger partial charge in [-0.25, -0.2) is 16.8 Å². The van der Waals surface area contributed by atoms with Crippen molar-refractivity contribution in [3.05, 3.63) is 36.4 Å². The quantitative estimate of drug-likeness (QED) is 0.541. The van der Waals surface area contributed by atoms with Crippen molar-refractivity contribution in [2.75, 3.05) is 0 Å². The fourth-order valence-electron chi connectivity index (χ4n) is 2.66. The van der Waals surface area contributed by atoms with E-state index in [4.69, 9.17) is 11.6 Å². The molecule has 0 aromatic heterocycles. The highest BCUT2D eigenvalue weighted by molar-refractivity contribution is 8.00. The van der Waals surface area contributed by atoms with E-state index < -0.39 is 29.1 Å². The molecule has 1 aliphatic heterocycles. The standard InChI is InChI=1S/C12H11ClO4S2/c13-12-8-4-3-7-11(12)18(14,15)9-5-1-2-6-10(9)19(12,16)17/h1-6,11H,7-8H2/t11-,12+/m1/s1. The summed E-state index contributed by atoms with van der Waals surface area (Å²) in [5.74, 6) is 0. The van der Waals surface area contributed by atoms with Crippen molar-refractivity contribution in [1.82, 2.24) is 0 Å². The summed E-state index contributed by atoms with van der Waals surface area (Å²) in [6, 6.07) is 5.66. The number of alkyl halides is 1. The van der Waals surface area contributed by atoms with E-state index >= 15 is 0 Å². The van der Waals surface area contributed by atoms with Crippen molar-refractivity contribution >= 4 is 31.3 Å². The van der Waals surface area contributed by atoms with Crippen molar-refractivity contribution in [2.24, 2.45) is 0 Å². The molecule has 0 amide bonds. The monoisotopic (exact) mass is 318 g/mol. The Morgan fingerprint density at radius 2 is 1.68 bits per heavy atom. The number of fused-ring (bicyclic) bond motifs is 2. The van der Waals surface area contributed by atoms with Crippen LogP contribution < -0.4 is 0 Å². The van der Waals surface area contributed by atoms with Crippen LogP contribution in [0.1, 0.15) is 12.8 Å². The van der Waals surface area contributed by atoms with E-state index in [0.29, 0.717) is 0 Å². The van der Waals surface area contributed by atoms with Gasteiger partial charge < -0.3 is 0 Å². The Hall–Kier alpha value is -0.850. The van der Waals surface area contributed by atoms with E-state index in [0.717, 1.165) is 0 Å². The third-order valence-electron chi connectivity index (χ3n) is 3.66. The highest BCUT2D eigenvalue weighted by atomic mass is 35.5. The van der Waals surface area contributed by atoms with Crippen LogP contribution in [0.5, 0.6) is 0 Å². The molecule has 2 aliphatic rings. The summed E-state index contributed by atoms with van der Waals surface area (Å²) < 4.78 is 48.6. The number of benzene rings is 1. The fourth-order valence-corrected chi connectivity index (χ4v) is 8.43. The average Bonchev–Trinajstić information content (AvgIpc) is 2.37. The SMILES string of the molecule is O=S1(=O)c2ccccc2S(=O)(=O)[C@@]2(Cl)CC=CC[C@H]21. The van der Waals surface area contributed by atoms with Crippen LogP contribution in [0.25, 0.3) is 0 Å². The lowest BCUT2D eigenvalue weighted by Gasteiger charge is -2.39. The van der Waals surface area contributed by atoms with Gasteiger partial charge in [0.15, 0.2) is 14.0 Å². The molecule has 1 aromatic carbocycles. The maximum absolute atomic E-state index is 12.6. The topological polar surface area (TPSA) is 68.3 Å². The Kier molecular flexibility index (Phi) is 2.65. The molecule has 0 saturated carbocycles. The molecule has 19 heavy (non-hydrogen) atoms. The van der Waals surface area contributed by atoms with Gasteiger partial charge in [0.1, 0.15) is 5.25 Å². The Morgan fingerprint density at radius 3 is 2.37 bits per heavy atom. The molecule has 1 aromatic rings. The van der Waals surface area contributed by atoms with Gasteiger partial charge in [0.2, 0.25) is 9.84 Å². The molecular weight excluding hydrogens is 308 g/mol. The molecule has 0 radical (unpaired) electrons. The minimum absolute atomic E-state index is 0.00905.